The number of fused-ring (bicyclic) bond motifs is 2. The second-order valence-electron chi connectivity index (χ2n) is 8.00. The van der Waals surface area contributed by atoms with E-state index in [-0.39, 0.29) is 24.1 Å². The van der Waals surface area contributed by atoms with E-state index in [2.05, 4.69) is 35.3 Å². The van der Waals surface area contributed by atoms with Crippen LogP contribution in [0.25, 0.3) is 11.0 Å². The number of carboxylic acids is 1. The number of aromatic nitrogens is 3. The number of β-lactam (4-membered cyclic amide) rings is 1. The molecular weight excluding hydrogens is 524 g/mol. The molecule has 2 aliphatic heterocycles. The van der Waals surface area contributed by atoms with Crippen molar-refractivity contribution in [1.82, 2.24) is 25.7 Å². The molecule has 3 aromatic heterocycles. The van der Waals surface area contributed by atoms with Crippen molar-refractivity contribution in [2.24, 2.45) is 5.16 Å². The minimum Gasteiger partial charge on any atom is -0.477 e. The van der Waals surface area contributed by atoms with Crippen molar-refractivity contribution in [3.8, 4) is 0 Å². The number of rotatable bonds is 7. The number of nitrogen functional groups attached to an aromatic ring is 1. The number of oxime groups is 1. The van der Waals surface area contributed by atoms with Gasteiger partial charge in [0, 0.05) is 24.4 Å². The van der Waals surface area contributed by atoms with Gasteiger partial charge in [0.25, 0.3) is 11.8 Å². The van der Waals surface area contributed by atoms with Crippen molar-refractivity contribution in [2.75, 3.05) is 18.5 Å². The number of nitrogens with two attached hydrogens (primary N) is 1. The Labute approximate surface area is 216 Å². The van der Waals surface area contributed by atoms with Gasteiger partial charge in [-0.1, -0.05) is 10.3 Å². The van der Waals surface area contributed by atoms with Crippen molar-refractivity contribution in [3.05, 3.63) is 47.9 Å². The molecule has 17 heteroatoms. The number of nitrogens with zero attached hydrogens (tertiary/aromatic N) is 5. The first-order valence-electron chi connectivity index (χ1n) is 10.9. The van der Waals surface area contributed by atoms with E-state index in [0.717, 1.165) is 10.3 Å². The summed E-state index contributed by atoms with van der Waals surface area (Å²) in [4.78, 5) is 59.0. The van der Waals surface area contributed by atoms with Crippen LogP contribution < -0.4 is 20.9 Å². The molecule has 196 valence electrons. The maximum Gasteiger partial charge on any atom is 0.433 e. The van der Waals surface area contributed by atoms with Crippen LogP contribution in [0.1, 0.15) is 5.82 Å². The van der Waals surface area contributed by atoms with E-state index in [1.165, 1.54) is 18.8 Å². The number of anilines is 1. The van der Waals surface area contributed by atoms with Crippen LogP contribution in [-0.2, 0) is 25.8 Å². The van der Waals surface area contributed by atoms with Gasteiger partial charge in [0.2, 0.25) is 11.5 Å². The van der Waals surface area contributed by atoms with Crippen LogP contribution in [0, 0.1) is 0 Å². The number of carbonyl (C=O) groups is 4. The number of thioether (sulfide) groups is 1. The summed E-state index contributed by atoms with van der Waals surface area (Å²) >= 11 is 1.29. The smallest absolute Gasteiger partial charge is 0.433 e. The average molecular weight is 543 g/mol. The fourth-order valence-electron chi connectivity index (χ4n) is 3.94. The topological polar surface area (TPSA) is 219 Å². The molecule has 1 saturated heterocycles. The third kappa shape index (κ3) is 4.49. The summed E-state index contributed by atoms with van der Waals surface area (Å²) in [5.74, 6) is -2.97. The lowest BCUT2D eigenvalue weighted by Gasteiger charge is -2.49. The fourth-order valence-corrected chi connectivity index (χ4v) is 5.27. The molecule has 0 saturated carbocycles. The highest BCUT2D eigenvalue weighted by Crippen LogP contribution is 2.40. The van der Waals surface area contributed by atoms with Crippen LogP contribution >= 0.6 is 11.8 Å². The zero-order valence-electron chi connectivity index (χ0n) is 19.5. The van der Waals surface area contributed by atoms with E-state index in [1.807, 2.05) is 6.20 Å². The van der Waals surface area contributed by atoms with Crippen molar-refractivity contribution >= 4 is 58.3 Å². The zero-order valence-corrected chi connectivity index (χ0v) is 20.3. The first-order chi connectivity index (χ1) is 18.3. The van der Waals surface area contributed by atoms with E-state index in [0.29, 0.717) is 16.9 Å². The largest absolute Gasteiger partial charge is 0.477 e. The van der Waals surface area contributed by atoms with Crippen LogP contribution in [0.5, 0.6) is 0 Å². The van der Waals surface area contributed by atoms with Crippen molar-refractivity contribution < 1.29 is 42.6 Å². The van der Waals surface area contributed by atoms with Crippen LogP contribution in [0.15, 0.2) is 56.2 Å². The quantitative estimate of drug-likeness (QED) is 0.0944. The number of carboxylic acid groups (broad SMARTS) is 1. The van der Waals surface area contributed by atoms with Gasteiger partial charge in [-0.05, 0) is 6.07 Å². The highest BCUT2D eigenvalue weighted by Gasteiger charge is 2.55. The monoisotopic (exact) mass is 543 g/mol. The molecule has 5 heterocycles. The van der Waals surface area contributed by atoms with Gasteiger partial charge in [0.15, 0.2) is 18.9 Å². The number of carbonyl (C=O) groups excluding carboxylic acids is 3. The minimum absolute atomic E-state index is 0.146. The number of aliphatic carboxylic acids is 1. The van der Waals surface area contributed by atoms with Crippen molar-refractivity contribution in [2.45, 2.75) is 18.0 Å². The molecule has 2 atom stereocenters. The van der Waals surface area contributed by atoms with E-state index >= 15 is 0 Å². The fraction of sp³-hybridized carbons (Fsp3) is 0.238. The molecule has 1 fully saturated rings. The molecule has 1 unspecified atom stereocenters. The Kier molecular flexibility index (Phi) is 6.41. The second kappa shape index (κ2) is 9.85. The van der Waals surface area contributed by atoms with Crippen molar-refractivity contribution in [3.63, 3.8) is 0 Å². The Hall–Kier alpha value is -4.93. The predicted molar refractivity (Wildman–Crippen MR) is 127 cm³/mol. The standard InChI is InChI=1S/C21H18N8O8S/c1-23-21(34)37-26-12(15-25-20(22)36-27-15)16(30)24-13-17(31)29-14(19(32)33)10(8-38-18(13)29)7-28-4-2-11-9(6-28)3-5-35-11/h2-6,13,18H,7-8H2,1H3,(H4-,22,23,24,25,27,30,32,33,34)/p+1/b26-12+/t13?,18-/m1/s1. The Bertz CT molecular complexity index is 1530. The molecule has 38 heavy (non-hydrogen) atoms. The summed E-state index contributed by atoms with van der Waals surface area (Å²) < 4.78 is 11.8. The lowest BCUT2D eigenvalue weighted by Crippen LogP contribution is -2.71. The molecule has 0 radical (unpaired) electrons. The second-order valence-corrected chi connectivity index (χ2v) is 9.11. The van der Waals surface area contributed by atoms with E-state index < -0.39 is 41.0 Å². The molecular formula is C21H19N8O8S+. The SMILES string of the molecule is CNC(=O)O/N=C(/C(=O)NC1C(=O)N2C(C(=O)O)=C(C[n+]3ccc4occc4c3)CS[C@H]12)c1noc(N)n1. The first-order valence-corrected chi connectivity index (χ1v) is 11.9. The van der Waals surface area contributed by atoms with Crippen molar-refractivity contribution in [1.29, 1.82) is 0 Å². The maximum absolute atomic E-state index is 13.0. The molecule has 0 aliphatic carbocycles. The Morgan fingerprint density at radius 2 is 2.21 bits per heavy atom. The van der Waals surface area contributed by atoms with Crippen LogP contribution in [0.4, 0.5) is 10.8 Å². The first kappa shape index (κ1) is 24.8. The molecule has 0 aromatic carbocycles. The Morgan fingerprint density at radius 1 is 1.39 bits per heavy atom. The molecule has 3 aromatic rings. The zero-order chi connectivity index (χ0) is 27.0. The van der Waals surface area contributed by atoms with Crippen LogP contribution in [0.3, 0.4) is 0 Å². The summed E-state index contributed by atoms with van der Waals surface area (Å²) in [5.41, 5.74) is 5.89. The summed E-state index contributed by atoms with van der Waals surface area (Å²) in [6, 6.07) is 2.09. The predicted octanol–water partition coefficient (Wildman–Crippen LogP) is -0.816. The molecule has 5 N–H and O–H groups in total. The van der Waals surface area contributed by atoms with Gasteiger partial charge < -0.3 is 30.4 Å². The Balaban J connectivity index is 1.35. The van der Waals surface area contributed by atoms with Gasteiger partial charge >= 0.3 is 18.1 Å². The molecule has 5 rings (SSSR count). The molecule has 0 bridgehead atoms. The summed E-state index contributed by atoms with van der Waals surface area (Å²) in [7, 11) is 1.28. The van der Waals surface area contributed by atoms with Gasteiger partial charge in [0.05, 0.1) is 11.6 Å². The highest BCUT2D eigenvalue weighted by atomic mass is 32.2. The third-order valence-corrected chi connectivity index (χ3v) is 6.99. The normalized spacial score (nSPS) is 19.1. The number of hydrogen-bond donors (Lipinski definition) is 4. The van der Waals surface area contributed by atoms with Gasteiger partial charge in [-0.25, -0.2) is 14.2 Å². The minimum atomic E-state index is -1.27. The molecule has 0 spiro atoms. The van der Waals surface area contributed by atoms with Gasteiger partial charge in [-0.3, -0.25) is 19.3 Å². The summed E-state index contributed by atoms with van der Waals surface area (Å²) in [6.45, 7) is 0.232. The Morgan fingerprint density at radius 3 is 2.92 bits per heavy atom. The van der Waals surface area contributed by atoms with Gasteiger partial charge in [-0.15, -0.1) is 11.8 Å². The average Bonchev–Trinajstić information content (AvgIpc) is 3.55. The summed E-state index contributed by atoms with van der Waals surface area (Å²) in [6.07, 6.45) is 4.14. The van der Waals surface area contributed by atoms with E-state index in [4.69, 9.17) is 10.2 Å². The molecule has 16 nitrogen and oxygen atoms in total. The third-order valence-electron chi connectivity index (χ3n) is 5.65. The van der Waals surface area contributed by atoms with Gasteiger partial charge in [-0.2, -0.15) is 4.98 Å². The van der Waals surface area contributed by atoms with Crippen LogP contribution in [-0.4, -0.2) is 74.0 Å². The number of hydrogen-bond acceptors (Lipinski definition) is 12. The van der Waals surface area contributed by atoms with E-state index in [1.54, 1.807) is 29.2 Å². The number of furan rings is 1. The van der Waals surface area contributed by atoms with Crippen LogP contribution in [0.2, 0.25) is 0 Å². The maximum atomic E-state index is 13.0. The lowest BCUT2D eigenvalue weighted by atomic mass is 10.0. The molecule has 2 aliphatic rings. The number of pyridine rings is 1. The number of nitrogens with one attached hydrogen (secondary N) is 2. The van der Waals surface area contributed by atoms with E-state index in [9.17, 15) is 24.3 Å². The van der Waals surface area contributed by atoms with Gasteiger partial charge in [0.1, 0.15) is 22.7 Å². The lowest BCUT2D eigenvalue weighted by molar-refractivity contribution is -0.687. The highest BCUT2D eigenvalue weighted by molar-refractivity contribution is 8.00. The summed E-state index contributed by atoms with van der Waals surface area (Å²) in [5, 5.41) is 21.6. The number of amides is 3. The molecule has 3 amide bonds.